The first-order chi connectivity index (χ1) is 10.1. The van der Waals surface area contributed by atoms with Gasteiger partial charge in [-0.1, -0.05) is 37.1 Å². The summed E-state index contributed by atoms with van der Waals surface area (Å²) in [6, 6.07) is 8.43. The molecular formula is C17H24O4. The van der Waals surface area contributed by atoms with E-state index in [0.29, 0.717) is 12.5 Å². The van der Waals surface area contributed by atoms with Crippen LogP contribution in [0.2, 0.25) is 0 Å². The van der Waals surface area contributed by atoms with Gasteiger partial charge in [0.05, 0.1) is 12.7 Å². The average Bonchev–Trinajstić information content (AvgIpc) is 2.69. The Balaban J connectivity index is 1.84. The first-order valence-electron chi connectivity index (χ1n) is 7.71. The maximum Gasteiger partial charge on any atom is 0.329 e. The van der Waals surface area contributed by atoms with E-state index in [4.69, 9.17) is 9.84 Å². The number of hydrogen-bond acceptors (Lipinski definition) is 3. The molecule has 1 aromatic carbocycles. The van der Waals surface area contributed by atoms with E-state index in [2.05, 4.69) is 24.3 Å². The predicted octanol–water partition coefficient (Wildman–Crippen LogP) is 2.74. The highest BCUT2D eigenvalue weighted by Gasteiger charge is 2.19. The van der Waals surface area contributed by atoms with E-state index >= 15 is 0 Å². The Bertz CT molecular complexity index is 441. The van der Waals surface area contributed by atoms with Gasteiger partial charge in [-0.25, -0.2) is 4.79 Å². The summed E-state index contributed by atoms with van der Waals surface area (Å²) < 4.78 is 5.04. The highest BCUT2D eigenvalue weighted by Crippen LogP contribution is 2.31. The van der Waals surface area contributed by atoms with E-state index in [9.17, 15) is 9.90 Å². The molecular weight excluding hydrogens is 268 g/mol. The fourth-order valence-corrected chi connectivity index (χ4v) is 2.94. The van der Waals surface area contributed by atoms with Crippen molar-refractivity contribution in [2.75, 3.05) is 13.2 Å². The van der Waals surface area contributed by atoms with E-state index in [1.807, 2.05) is 0 Å². The Morgan fingerprint density at radius 2 is 1.90 bits per heavy atom. The minimum absolute atomic E-state index is 0.165. The van der Waals surface area contributed by atoms with Crippen LogP contribution in [0, 0.1) is 0 Å². The number of aliphatic hydroxyl groups is 1. The van der Waals surface area contributed by atoms with Gasteiger partial charge >= 0.3 is 5.97 Å². The second kappa shape index (κ2) is 8.15. The normalized spacial score (nSPS) is 22.7. The van der Waals surface area contributed by atoms with Crippen molar-refractivity contribution in [3.05, 3.63) is 35.4 Å². The Kier molecular flexibility index (Phi) is 6.21. The summed E-state index contributed by atoms with van der Waals surface area (Å²) in [7, 11) is 0. The van der Waals surface area contributed by atoms with Crippen molar-refractivity contribution in [2.24, 2.45) is 0 Å². The minimum atomic E-state index is -0.933. The van der Waals surface area contributed by atoms with Gasteiger partial charge in [0.1, 0.15) is 6.61 Å². The highest BCUT2D eigenvalue weighted by atomic mass is 16.5. The molecule has 0 radical (unpaired) electrons. The second-order valence-electron chi connectivity index (χ2n) is 5.81. The molecule has 2 rings (SSSR count). The van der Waals surface area contributed by atoms with Crippen LogP contribution in [-0.2, 0) is 16.0 Å². The van der Waals surface area contributed by atoms with Crippen LogP contribution in [-0.4, -0.2) is 35.5 Å². The summed E-state index contributed by atoms with van der Waals surface area (Å²) >= 11 is 0. The third-order valence-electron chi connectivity index (χ3n) is 4.11. The molecule has 2 unspecified atom stereocenters. The number of benzene rings is 1. The minimum Gasteiger partial charge on any atom is -0.480 e. The quantitative estimate of drug-likeness (QED) is 0.625. The van der Waals surface area contributed by atoms with Crippen molar-refractivity contribution in [2.45, 2.75) is 50.5 Å². The lowest BCUT2D eigenvalue weighted by Gasteiger charge is -2.17. The van der Waals surface area contributed by atoms with Crippen molar-refractivity contribution in [1.29, 1.82) is 0 Å². The van der Waals surface area contributed by atoms with Gasteiger partial charge in [0.2, 0.25) is 0 Å². The van der Waals surface area contributed by atoms with Crippen LogP contribution in [0.15, 0.2) is 24.3 Å². The lowest BCUT2D eigenvalue weighted by atomic mass is 9.90. The Labute approximate surface area is 125 Å². The fraction of sp³-hybridized carbons (Fsp3) is 0.588. The first kappa shape index (κ1) is 16.0. The number of aliphatic carboxylic acids is 1. The zero-order valence-electron chi connectivity index (χ0n) is 12.3. The molecule has 0 amide bonds. The summed E-state index contributed by atoms with van der Waals surface area (Å²) in [5.74, 6) is -0.475. The zero-order valence-corrected chi connectivity index (χ0v) is 12.3. The van der Waals surface area contributed by atoms with Gasteiger partial charge in [-0.15, -0.1) is 0 Å². The predicted molar refractivity (Wildman–Crippen MR) is 80.4 cm³/mol. The van der Waals surface area contributed by atoms with Crippen LogP contribution in [0.5, 0.6) is 0 Å². The van der Waals surface area contributed by atoms with Crippen LogP contribution in [0.4, 0.5) is 0 Å². The van der Waals surface area contributed by atoms with E-state index in [-0.39, 0.29) is 12.7 Å². The molecule has 4 nitrogen and oxygen atoms in total. The Hall–Kier alpha value is -1.39. The highest BCUT2D eigenvalue weighted by molar-refractivity contribution is 5.67. The molecule has 0 aromatic heterocycles. The van der Waals surface area contributed by atoms with Gasteiger partial charge < -0.3 is 14.9 Å². The molecule has 0 saturated heterocycles. The van der Waals surface area contributed by atoms with Crippen LogP contribution >= 0.6 is 0 Å². The number of hydrogen-bond donors (Lipinski definition) is 2. The van der Waals surface area contributed by atoms with Gasteiger partial charge in [-0.3, -0.25) is 0 Å². The van der Waals surface area contributed by atoms with Gasteiger partial charge in [0, 0.05) is 0 Å². The third kappa shape index (κ3) is 5.48. The summed E-state index contributed by atoms with van der Waals surface area (Å²) in [5, 5.41) is 18.4. The van der Waals surface area contributed by atoms with Crippen molar-refractivity contribution in [1.82, 2.24) is 0 Å². The number of carboxylic acid groups (broad SMARTS) is 1. The molecule has 0 spiro atoms. The lowest BCUT2D eigenvalue weighted by molar-refractivity contribution is -0.142. The summed E-state index contributed by atoms with van der Waals surface area (Å²) in [4.78, 5) is 10.3. The van der Waals surface area contributed by atoms with Crippen molar-refractivity contribution < 1.29 is 19.7 Å². The molecule has 1 aliphatic carbocycles. The van der Waals surface area contributed by atoms with Crippen molar-refractivity contribution in [3.8, 4) is 0 Å². The zero-order chi connectivity index (χ0) is 15.1. The van der Waals surface area contributed by atoms with E-state index < -0.39 is 5.97 Å². The summed E-state index contributed by atoms with van der Waals surface area (Å²) in [6.45, 7) is 0.186. The van der Waals surface area contributed by atoms with E-state index in [1.54, 1.807) is 0 Å². The average molecular weight is 292 g/mol. The lowest BCUT2D eigenvalue weighted by Crippen LogP contribution is -2.10. The molecule has 1 aliphatic rings. The smallest absolute Gasteiger partial charge is 0.329 e. The molecule has 0 heterocycles. The molecule has 21 heavy (non-hydrogen) atoms. The number of ether oxygens (including phenoxy) is 1. The molecule has 2 atom stereocenters. The second-order valence-corrected chi connectivity index (χ2v) is 5.81. The number of rotatable bonds is 6. The molecule has 1 saturated carbocycles. The van der Waals surface area contributed by atoms with Crippen molar-refractivity contribution >= 4 is 5.97 Å². The summed E-state index contributed by atoms with van der Waals surface area (Å²) in [5.41, 5.74) is 2.45. The molecule has 1 fully saturated rings. The monoisotopic (exact) mass is 292 g/mol. The SMILES string of the molecule is O=C(O)COCCc1ccc(C2CCCCC(O)C2)cc1. The van der Waals surface area contributed by atoms with E-state index in [0.717, 1.165) is 37.7 Å². The van der Waals surface area contributed by atoms with Gasteiger partial charge in [-0.2, -0.15) is 0 Å². The number of carbonyl (C=O) groups is 1. The van der Waals surface area contributed by atoms with Crippen LogP contribution in [0.25, 0.3) is 0 Å². The Morgan fingerprint density at radius 1 is 1.19 bits per heavy atom. The maximum absolute atomic E-state index is 10.3. The molecule has 0 aliphatic heterocycles. The van der Waals surface area contributed by atoms with Crippen molar-refractivity contribution in [3.63, 3.8) is 0 Å². The summed E-state index contributed by atoms with van der Waals surface area (Å²) in [6.07, 6.45) is 5.81. The van der Waals surface area contributed by atoms with Gasteiger partial charge in [-0.05, 0) is 42.7 Å². The fourth-order valence-electron chi connectivity index (χ4n) is 2.94. The molecule has 4 heteroatoms. The number of carboxylic acids is 1. The molecule has 116 valence electrons. The molecule has 1 aromatic rings. The standard InChI is InChI=1S/C17H24O4/c18-16-4-2-1-3-15(11-16)14-7-5-13(6-8-14)9-10-21-12-17(19)20/h5-8,15-16,18H,1-4,9-12H2,(H,19,20). The first-order valence-corrected chi connectivity index (χ1v) is 7.71. The molecule has 2 N–H and O–H groups in total. The van der Waals surface area contributed by atoms with Crippen LogP contribution < -0.4 is 0 Å². The Morgan fingerprint density at radius 3 is 2.62 bits per heavy atom. The van der Waals surface area contributed by atoms with E-state index in [1.165, 1.54) is 12.0 Å². The topological polar surface area (TPSA) is 66.8 Å². The van der Waals surface area contributed by atoms with Crippen LogP contribution in [0.1, 0.15) is 49.1 Å². The van der Waals surface area contributed by atoms with Gasteiger partial charge in [0.25, 0.3) is 0 Å². The number of aliphatic hydroxyl groups excluding tert-OH is 1. The van der Waals surface area contributed by atoms with Gasteiger partial charge in [0.15, 0.2) is 0 Å². The maximum atomic E-state index is 10.3. The third-order valence-corrected chi connectivity index (χ3v) is 4.11. The molecule has 0 bridgehead atoms. The largest absolute Gasteiger partial charge is 0.480 e. The van der Waals surface area contributed by atoms with Crippen LogP contribution in [0.3, 0.4) is 0 Å².